The number of hydrazone groups is 1. The number of nitrogens with zero attached hydrogens (tertiary/aromatic N) is 1. The summed E-state index contributed by atoms with van der Waals surface area (Å²) in [5, 5.41) is 7.31. The van der Waals surface area contributed by atoms with Crippen LogP contribution in [0.2, 0.25) is 10.0 Å². The second-order valence-corrected chi connectivity index (χ2v) is 6.72. The molecule has 7 nitrogen and oxygen atoms in total. The van der Waals surface area contributed by atoms with Crippen LogP contribution in [0.15, 0.2) is 64.1 Å². The Kier molecular flexibility index (Phi) is 7.11. The maximum absolute atomic E-state index is 12.4. The molecule has 0 atom stereocenters. The van der Waals surface area contributed by atoms with Gasteiger partial charge in [-0.25, -0.2) is 10.2 Å². The molecule has 3 aromatic rings. The van der Waals surface area contributed by atoms with Crippen LogP contribution in [0.25, 0.3) is 0 Å². The van der Waals surface area contributed by atoms with Crippen molar-refractivity contribution >= 4 is 52.9 Å². The first-order valence-electron chi connectivity index (χ1n) is 8.90. The second kappa shape index (κ2) is 9.96. The Morgan fingerprint density at radius 2 is 1.90 bits per heavy atom. The number of hydrogen-bond donors (Lipinski definition) is 2. The summed E-state index contributed by atoms with van der Waals surface area (Å²) in [6, 6.07) is 15.4. The van der Waals surface area contributed by atoms with Gasteiger partial charge < -0.3 is 14.5 Å². The van der Waals surface area contributed by atoms with Gasteiger partial charge in [0.25, 0.3) is 5.91 Å². The lowest BCUT2D eigenvalue weighted by atomic mass is 10.2. The zero-order valence-corrected chi connectivity index (χ0v) is 17.3. The minimum atomic E-state index is -0.663. The molecule has 1 heterocycles. The molecule has 0 unspecified atom stereocenters. The zero-order chi connectivity index (χ0) is 21.5. The van der Waals surface area contributed by atoms with Crippen LogP contribution >= 0.6 is 23.2 Å². The highest BCUT2D eigenvalue weighted by atomic mass is 35.5. The summed E-state index contributed by atoms with van der Waals surface area (Å²) >= 11 is 12.3. The molecule has 0 radical (unpaired) electrons. The standard InChI is InChI=1S/C21H17Cl2N3O4/c1-2-29-21(28)17-18(23)16(12-24-26-19(27)13-7-4-3-5-8-13)30-20(17)25-15-10-6-9-14(22)11-15/h3-12,25H,2H2,1H3,(H,26,27)/b24-12-. The molecule has 1 amide bonds. The molecular weight excluding hydrogens is 429 g/mol. The third-order valence-electron chi connectivity index (χ3n) is 3.82. The summed E-state index contributed by atoms with van der Waals surface area (Å²) in [7, 11) is 0. The summed E-state index contributed by atoms with van der Waals surface area (Å²) in [5.41, 5.74) is 3.40. The fraction of sp³-hybridized carbons (Fsp3) is 0.0952. The Hall–Kier alpha value is -3.29. The Morgan fingerprint density at radius 1 is 1.13 bits per heavy atom. The van der Waals surface area contributed by atoms with Crippen molar-refractivity contribution < 1.29 is 18.7 Å². The highest BCUT2D eigenvalue weighted by Gasteiger charge is 2.25. The Bertz CT molecular complexity index is 1080. The predicted octanol–water partition coefficient (Wildman–Crippen LogP) is 5.27. The second-order valence-electron chi connectivity index (χ2n) is 5.91. The Morgan fingerprint density at radius 3 is 2.60 bits per heavy atom. The molecule has 0 saturated heterocycles. The highest BCUT2D eigenvalue weighted by Crippen LogP contribution is 2.34. The first kappa shape index (κ1) is 21.4. The molecule has 2 N–H and O–H groups in total. The number of nitrogens with one attached hydrogen (secondary N) is 2. The van der Waals surface area contributed by atoms with Crippen LogP contribution in [-0.2, 0) is 4.74 Å². The van der Waals surface area contributed by atoms with Crippen LogP contribution in [0.3, 0.4) is 0 Å². The minimum Gasteiger partial charge on any atom is -0.462 e. The summed E-state index contributed by atoms with van der Waals surface area (Å²) < 4.78 is 10.7. The topological polar surface area (TPSA) is 92.9 Å². The third-order valence-corrected chi connectivity index (χ3v) is 4.43. The first-order chi connectivity index (χ1) is 14.5. The number of ether oxygens (including phenoxy) is 1. The largest absolute Gasteiger partial charge is 0.462 e. The summed E-state index contributed by atoms with van der Waals surface area (Å²) in [5.74, 6) is -0.935. The van der Waals surface area contributed by atoms with Crippen molar-refractivity contribution in [1.29, 1.82) is 0 Å². The minimum absolute atomic E-state index is 0.00399. The van der Waals surface area contributed by atoms with Crippen LogP contribution < -0.4 is 10.7 Å². The van der Waals surface area contributed by atoms with E-state index in [0.29, 0.717) is 16.3 Å². The molecule has 0 bridgehead atoms. The number of carbonyl (C=O) groups is 2. The van der Waals surface area contributed by atoms with Crippen molar-refractivity contribution in [2.45, 2.75) is 6.92 Å². The SMILES string of the molecule is CCOC(=O)c1c(Nc2cccc(Cl)c2)oc(/C=N\NC(=O)c2ccccc2)c1Cl. The lowest BCUT2D eigenvalue weighted by Gasteiger charge is -2.06. The molecule has 9 heteroatoms. The van der Waals surface area contributed by atoms with Crippen LogP contribution in [0.5, 0.6) is 0 Å². The summed E-state index contributed by atoms with van der Waals surface area (Å²) in [4.78, 5) is 24.4. The molecule has 0 saturated carbocycles. The average molecular weight is 446 g/mol. The number of carbonyl (C=O) groups excluding carboxylic acids is 2. The highest BCUT2D eigenvalue weighted by molar-refractivity contribution is 6.36. The van der Waals surface area contributed by atoms with Gasteiger partial charge in [0.2, 0.25) is 5.88 Å². The number of amides is 1. The van der Waals surface area contributed by atoms with Gasteiger partial charge in [0.1, 0.15) is 10.6 Å². The van der Waals surface area contributed by atoms with Gasteiger partial charge >= 0.3 is 5.97 Å². The van der Waals surface area contributed by atoms with Crippen molar-refractivity contribution in [3.05, 3.63) is 81.5 Å². The van der Waals surface area contributed by atoms with E-state index in [4.69, 9.17) is 32.4 Å². The zero-order valence-electron chi connectivity index (χ0n) is 15.8. The summed E-state index contributed by atoms with van der Waals surface area (Å²) in [6.45, 7) is 1.84. The van der Waals surface area contributed by atoms with E-state index in [0.717, 1.165) is 0 Å². The van der Waals surface area contributed by atoms with Gasteiger partial charge in [-0.05, 0) is 37.3 Å². The van der Waals surface area contributed by atoms with E-state index in [-0.39, 0.29) is 28.8 Å². The molecule has 0 fully saturated rings. The van der Waals surface area contributed by atoms with Crippen molar-refractivity contribution in [3.8, 4) is 0 Å². The van der Waals surface area contributed by atoms with E-state index >= 15 is 0 Å². The molecule has 0 aliphatic rings. The first-order valence-corrected chi connectivity index (χ1v) is 9.65. The fourth-order valence-electron chi connectivity index (χ4n) is 2.49. The van der Waals surface area contributed by atoms with E-state index < -0.39 is 11.9 Å². The fourth-order valence-corrected chi connectivity index (χ4v) is 2.93. The van der Waals surface area contributed by atoms with E-state index in [1.807, 2.05) is 0 Å². The summed E-state index contributed by atoms with van der Waals surface area (Å²) in [6.07, 6.45) is 1.20. The van der Waals surface area contributed by atoms with Gasteiger partial charge in [-0.15, -0.1) is 0 Å². The lowest BCUT2D eigenvalue weighted by molar-refractivity contribution is 0.0527. The van der Waals surface area contributed by atoms with Gasteiger partial charge in [0.15, 0.2) is 5.76 Å². The lowest BCUT2D eigenvalue weighted by Crippen LogP contribution is -2.17. The molecule has 2 aromatic carbocycles. The Balaban J connectivity index is 1.85. The normalized spacial score (nSPS) is 10.8. The number of rotatable bonds is 7. The average Bonchev–Trinajstić information content (AvgIpc) is 3.03. The van der Waals surface area contributed by atoms with Gasteiger partial charge in [0.05, 0.1) is 12.8 Å². The van der Waals surface area contributed by atoms with Crippen molar-refractivity contribution in [2.75, 3.05) is 11.9 Å². The number of halogens is 2. The molecule has 1 aromatic heterocycles. The quantitative estimate of drug-likeness (QED) is 0.293. The van der Waals surface area contributed by atoms with E-state index in [1.54, 1.807) is 61.5 Å². The number of furan rings is 1. The van der Waals surface area contributed by atoms with Crippen LogP contribution in [0, 0.1) is 0 Å². The van der Waals surface area contributed by atoms with Crippen LogP contribution in [-0.4, -0.2) is 24.7 Å². The molecule has 30 heavy (non-hydrogen) atoms. The van der Waals surface area contributed by atoms with Crippen molar-refractivity contribution in [3.63, 3.8) is 0 Å². The number of esters is 1. The third kappa shape index (κ3) is 5.20. The predicted molar refractivity (Wildman–Crippen MR) is 116 cm³/mol. The van der Waals surface area contributed by atoms with Crippen LogP contribution in [0.1, 0.15) is 33.4 Å². The monoisotopic (exact) mass is 445 g/mol. The number of anilines is 2. The Labute approximate surface area is 182 Å². The molecule has 3 rings (SSSR count). The van der Waals surface area contributed by atoms with E-state index in [2.05, 4.69) is 15.8 Å². The molecule has 0 aliphatic heterocycles. The maximum atomic E-state index is 12.4. The van der Waals surface area contributed by atoms with Gasteiger partial charge in [-0.1, -0.05) is 47.5 Å². The molecule has 0 aliphatic carbocycles. The van der Waals surface area contributed by atoms with Gasteiger partial charge in [-0.2, -0.15) is 5.10 Å². The van der Waals surface area contributed by atoms with Crippen molar-refractivity contribution in [2.24, 2.45) is 5.10 Å². The number of hydrogen-bond acceptors (Lipinski definition) is 6. The van der Waals surface area contributed by atoms with E-state index in [9.17, 15) is 9.59 Å². The number of benzene rings is 2. The maximum Gasteiger partial charge on any atom is 0.345 e. The van der Waals surface area contributed by atoms with Crippen LogP contribution in [0.4, 0.5) is 11.6 Å². The molecular formula is C21H17Cl2N3O4. The smallest absolute Gasteiger partial charge is 0.345 e. The van der Waals surface area contributed by atoms with Gasteiger partial charge in [-0.3, -0.25) is 4.79 Å². The molecule has 154 valence electrons. The molecule has 0 spiro atoms. The van der Waals surface area contributed by atoms with Gasteiger partial charge in [0, 0.05) is 16.3 Å². The van der Waals surface area contributed by atoms with Crippen molar-refractivity contribution in [1.82, 2.24) is 5.43 Å². The van der Waals surface area contributed by atoms with E-state index in [1.165, 1.54) is 6.21 Å².